The number of fused-ring (bicyclic) bond motifs is 1. The fraction of sp³-hybridized carbons (Fsp3) is 0.296. The van der Waals surface area contributed by atoms with Crippen LogP contribution in [0, 0.1) is 20.8 Å². The molecule has 0 radical (unpaired) electrons. The average Bonchev–Trinajstić information content (AvgIpc) is 3.17. The number of aryl methyl sites for hydroxylation is 3. The molecule has 0 atom stereocenters. The van der Waals surface area contributed by atoms with Crippen LogP contribution in [0.15, 0.2) is 48.7 Å². The van der Waals surface area contributed by atoms with E-state index in [0.29, 0.717) is 42.5 Å². The third-order valence-electron chi connectivity index (χ3n) is 5.84. The molecule has 1 N–H and O–H groups in total. The maximum Gasteiger partial charge on any atom is 0.254 e. The quantitative estimate of drug-likeness (QED) is 0.400. The van der Waals surface area contributed by atoms with Crippen molar-refractivity contribution in [3.05, 3.63) is 76.7 Å². The summed E-state index contributed by atoms with van der Waals surface area (Å²) in [4.78, 5) is 17.6. The molecule has 2 aromatic heterocycles. The first-order valence-electron chi connectivity index (χ1n) is 11.5. The Morgan fingerprint density at radius 3 is 2.47 bits per heavy atom. The highest BCUT2D eigenvalue weighted by molar-refractivity contribution is 5.95. The average molecular weight is 459 g/mol. The molecule has 0 spiro atoms. The van der Waals surface area contributed by atoms with Gasteiger partial charge in [-0.2, -0.15) is 5.10 Å². The van der Waals surface area contributed by atoms with E-state index in [1.54, 1.807) is 10.7 Å². The van der Waals surface area contributed by atoms with E-state index in [1.807, 2.05) is 77.1 Å². The van der Waals surface area contributed by atoms with Crippen molar-refractivity contribution in [1.29, 1.82) is 0 Å². The normalized spacial score (nSPS) is 11.0. The van der Waals surface area contributed by atoms with Crippen molar-refractivity contribution in [2.24, 2.45) is 0 Å². The Morgan fingerprint density at radius 1 is 1.00 bits per heavy atom. The molecule has 34 heavy (non-hydrogen) atoms. The SMILES string of the molecule is CCOc1ccc(-c2c(C)nn3c(C)c(C(=O)NCc4ccccc4C)cnc23)cc1OCC. The van der Waals surface area contributed by atoms with Crippen LogP contribution >= 0.6 is 0 Å². The van der Waals surface area contributed by atoms with Crippen LogP contribution in [0.5, 0.6) is 11.5 Å². The first-order chi connectivity index (χ1) is 16.4. The monoisotopic (exact) mass is 458 g/mol. The number of carbonyl (C=O) groups excluding carboxylic acids is 1. The molecule has 0 aliphatic rings. The summed E-state index contributed by atoms with van der Waals surface area (Å²) in [6, 6.07) is 13.9. The molecule has 0 aliphatic carbocycles. The van der Waals surface area contributed by atoms with Crippen LogP contribution in [-0.2, 0) is 6.54 Å². The Bertz CT molecular complexity index is 1340. The van der Waals surface area contributed by atoms with Gasteiger partial charge in [-0.15, -0.1) is 0 Å². The van der Waals surface area contributed by atoms with Crippen molar-refractivity contribution in [2.45, 2.75) is 41.2 Å². The van der Waals surface area contributed by atoms with Gasteiger partial charge in [0.25, 0.3) is 5.91 Å². The molecule has 4 aromatic rings. The number of ether oxygens (including phenoxy) is 2. The second-order valence-electron chi connectivity index (χ2n) is 8.09. The fourth-order valence-electron chi connectivity index (χ4n) is 4.05. The number of hydrogen-bond acceptors (Lipinski definition) is 5. The van der Waals surface area contributed by atoms with Crippen molar-refractivity contribution >= 4 is 11.6 Å². The lowest BCUT2D eigenvalue weighted by molar-refractivity contribution is 0.0949. The zero-order valence-electron chi connectivity index (χ0n) is 20.3. The molecule has 0 aliphatic heterocycles. The van der Waals surface area contributed by atoms with Gasteiger partial charge in [-0.3, -0.25) is 4.79 Å². The summed E-state index contributed by atoms with van der Waals surface area (Å²) >= 11 is 0. The zero-order chi connectivity index (χ0) is 24.2. The highest BCUT2D eigenvalue weighted by atomic mass is 16.5. The highest BCUT2D eigenvalue weighted by Gasteiger charge is 2.20. The molecule has 0 saturated heterocycles. The van der Waals surface area contributed by atoms with Gasteiger partial charge in [0.15, 0.2) is 17.1 Å². The number of hydrogen-bond donors (Lipinski definition) is 1. The largest absolute Gasteiger partial charge is 0.490 e. The van der Waals surface area contributed by atoms with Crippen LogP contribution in [0.2, 0.25) is 0 Å². The molecule has 0 saturated carbocycles. The lowest BCUT2D eigenvalue weighted by Crippen LogP contribution is -2.25. The third-order valence-corrected chi connectivity index (χ3v) is 5.84. The molecule has 176 valence electrons. The van der Waals surface area contributed by atoms with E-state index < -0.39 is 0 Å². The Labute approximate surface area is 199 Å². The van der Waals surface area contributed by atoms with Gasteiger partial charge in [-0.25, -0.2) is 9.50 Å². The smallest absolute Gasteiger partial charge is 0.254 e. The minimum absolute atomic E-state index is 0.176. The summed E-state index contributed by atoms with van der Waals surface area (Å²) < 4.78 is 13.2. The molecule has 2 heterocycles. The van der Waals surface area contributed by atoms with Crippen molar-refractivity contribution in [3.8, 4) is 22.6 Å². The standard InChI is InChI=1S/C27H30N4O3/c1-6-33-23-13-12-20(14-24(23)34-7-2)25-18(4)30-31-19(5)22(16-28-26(25)31)27(32)29-15-21-11-9-8-10-17(21)3/h8-14,16H,6-7,15H2,1-5H3,(H,29,32). The predicted octanol–water partition coefficient (Wildman–Crippen LogP) is 5.05. The van der Waals surface area contributed by atoms with E-state index in [4.69, 9.17) is 14.6 Å². The van der Waals surface area contributed by atoms with Gasteiger partial charge in [-0.1, -0.05) is 30.3 Å². The Kier molecular flexibility index (Phi) is 6.82. The molecule has 2 aromatic carbocycles. The summed E-state index contributed by atoms with van der Waals surface area (Å²) in [6.07, 6.45) is 1.63. The van der Waals surface area contributed by atoms with Crippen molar-refractivity contribution in [2.75, 3.05) is 13.2 Å². The fourth-order valence-corrected chi connectivity index (χ4v) is 4.05. The maximum absolute atomic E-state index is 12.9. The summed E-state index contributed by atoms with van der Waals surface area (Å²) in [5.74, 6) is 1.22. The first kappa shape index (κ1) is 23.3. The minimum Gasteiger partial charge on any atom is -0.490 e. The van der Waals surface area contributed by atoms with Gasteiger partial charge in [-0.05, 0) is 63.4 Å². The Hall–Kier alpha value is -3.87. The third kappa shape index (κ3) is 4.46. The minimum atomic E-state index is -0.176. The van der Waals surface area contributed by atoms with Crippen molar-refractivity contribution in [1.82, 2.24) is 19.9 Å². The van der Waals surface area contributed by atoms with Crippen LogP contribution in [0.3, 0.4) is 0 Å². The molecule has 7 nitrogen and oxygen atoms in total. The van der Waals surface area contributed by atoms with Crippen LogP contribution < -0.4 is 14.8 Å². The molecule has 0 bridgehead atoms. The van der Waals surface area contributed by atoms with Gasteiger partial charge < -0.3 is 14.8 Å². The lowest BCUT2D eigenvalue weighted by atomic mass is 10.1. The van der Waals surface area contributed by atoms with E-state index in [2.05, 4.69) is 10.3 Å². The van der Waals surface area contributed by atoms with Crippen molar-refractivity contribution in [3.63, 3.8) is 0 Å². The predicted molar refractivity (Wildman–Crippen MR) is 133 cm³/mol. The summed E-state index contributed by atoms with van der Waals surface area (Å²) in [6.45, 7) is 11.3. The van der Waals surface area contributed by atoms with Gasteiger partial charge in [0.05, 0.1) is 30.2 Å². The van der Waals surface area contributed by atoms with Crippen LogP contribution in [-0.4, -0.2) is 33.7 Å². The van der Waals surface area contributed by atoms with Crippen LogP contribution in [0.25, 0.3) is 16.8 Å². The van der Waals surface area contributed by atoms with Gasteiger partial charge in [0, 0.05) is 18.3 Å². The summed E-state index contributed by atoms with van der Waals surface area (Å²) in [5.41, 5.74) is 6.80. The molecule has 7 heteroatoms. The topological polar surface area (TPSA) is 77.8 Å². The second kappa shape index (κ2) is 9.95. The zero-order valence-corrected chi connectivity index (χ0v) is 20.3. The van der Waals surface area contributed by atoms with Gasteiger partial charge in [0.1, 0.15) is 0 Å². The number of nitrogens with one attached hydrogen (secondary N) is 1. The Morgan fingerprint density at radius 2 is 1.74 bits per heavy atom. The number of carbonyl (C=O) groups is 1. The Balaban J connectivity index is 1.68. The van der Waals surface area contributed by atoms with E-state index >= 15 is 0 Å². The number of rotatable bonds is 8. The van der Waals surface area contributed by atoms with Gasteiger partial charge >= 0.3 is 0 Å². The molecule has 0 unspecified atom stereocenters. The van der Waals surface area contributed by atoms with E-state index in [9.17, 15) is 4.79 Å². The first-order valence-corrected chi connectivity index (χ1v) is 11.5. The van der Waals surface area contributed by atoms with Crippen LogP contribution in [0.1, 0.15) is 46.7 Å². The lowest BCUT2D eigenvalue weighted by Gasteiger charge is -2.13. The molecule has 4 rings (SSSR count). The van der Waals surface area contributed by atoms with E-state index in [-0.39, 0.29) is 5.91 Å². The number of nitrogens with zero attached hydrogens (tertiary/aromatic N) is 3. The van der Waals surface area contributed by atoms with Crippen molar-refractivity contribution < 1.29 is 14.3 Å². The van der Waals surface area contributed by atoms with Gasteiger partial charge in [0.2, 0.25) is 0 Å². The maximum atomic E-state index is 12.9. The molecular formula is C27H30N4O3. The number of aromatic nitrogens is 3. The van der Waals surface area contributed by atoms with E-state index in [0.717, 1.165) is 33.6 Å². The highest BCUT2D eigenvalue weighted by Crippen LogP contribution is 2.36. The summed E-state index contributed by atoms with van der Waals surface area (Å²) in [5, 5.41) is 7.70. The number of amides is 1. The van der Waals surface area contributed by atoms with E-state index in [1.165, 1.54) is 0 Å². The molecule has 1 amide bonds. The van der Waals surface area contributed by atoms with Crippen LogP contribution in [0.4, 0.5) is 0 Å². The molecule has 0 fully saturated rings. The molecular weight excluding hydrogens is 428 g/mol. The number of benzene rings is 2. The summed E-state index contributed by atoms with van der Waals surface area (Å²) in [7, 11) is 0. The second-order valence-corrected chi connectivity index (χ2v) is 8.09.